The molecule has 2 N–H and O–H groups in total. The Labute approximate surface area is 179 Å². The lowest BCUT2D eigenvalue weighted by molar-refractivity contribution is -0.885. The Kier molecular flexibility index (Phi) is 5.79. The normalized spacial score (nSPS) is 13.8. The molecule has 0 saturated heterocycles. The molecule has 0 saturated carbocycles. The summed E-state index contributed by atoms with van der Waals surface area (Å²) in [6.45, 7) is 0.753. The fraction of sp³-hybridized carbons (Fsp3) is 0.304. The van der Waals surface area contributed by atoms with Crippen molar-refractivity contribution in [3.63, 3.8) is 0 Å². The zero-order valence-electron chi connectivity index (χ0n) is 17.0. The van der Waals surface area contributed by atoms with Gasteiger partial charge in [0.05, 0.1) is 19.8 Å². The van der Waals surface area contributed by atoms with Gasteiger partial charge in [-0.1, -0.05) is 11.6 Å². The molecule has 1 unspecified atom stereocenters. The lowest BCUT2D eigenvalue weighted by Crippen LogP contribution is -3.08. The zero-order valence-corrected chi connectivity index (χ0v) is 17.8. The number of anilines is 1. The molecule has 0 radical (unpaired) electrons. The van der Waals surface area contributed by atoms with Crippen LogP contribution in [0, 0.1) is 0 Å². The molecule has 1 heterocycles. The van der Waals surface area contributed by atoms with Crippen LogP contribution in [0.3, 0.4) is 0 Å². The number of ether oxygens (including phenoxy) is 1. The van der Waals surface area contributed by atoms with Gasteiger partial charge in [0.2, 0.25) is 0 Å². The molecule has 156 valence electrons. The predicted molar refractivity (Wildman–Crippen MR) is 117 cm³/mol. The second kappa shape index (κ2) is 8.50. The first-order valence-corrected chi connectivity index (χ1v) is 10.3. The van der Waals surface area contributed by atoms with E-state index in [2.05, 4.69) is 11.4 Å². The standard InChI is InChI=1S/C23H23ClN2O4/c1-26(13-22(27)25-19-11-17(24)6-7-20(19)29-2)12-16-10-23(28)30-21-9-15-5-3-4-14(15)8-18(16)21/h6-11H,3-5,12-13H2,1-2H3,(H,25,27)/p+1. The summed E-state index contributed by atoms with van der Waals surface area (Å²) in [5, 5.41) is 4.32. The van der Waals surface area contributed by atoms with E-state index in [0.717, 1.165) is 35.1 Å². The Morgan fingerprint density at radius 3 is 2.73 bits per heavy atom. The number of quaternary nitrogens is 1. The third kappa shape index (κ3) is 4.35. The van der Waals surface area contributed by atoms with Crippen LogP contribution in [0.5, 0.6) is 5.75 Å². The number of hydrogen-bond donors (Lipinski definition) is 2. The summed E-state index contributed by atoms with van der Waals surface area (Å²) in [6, 6.07) is 10.7. The summed E-state index contributed by atoms with van der Waals surface area (Å²) in [5.74, 6) is 0.382. The van der Waals surface area contributed by atoms with Crippen molar-refractivity contribution in [2.45, 2.75) is 25.8 Å². The summed E-state index contributed by atoms with van der Waals surface area (Å²) in [7, 11) is 3.46. The van der Waals surface area contributed by atoms with Crippen LogP contribution in [0.25, 0.3) is 11.0 Å². The number of rotatable bonds is 6. The van der Waals surface area contributed by atoms with E-state index in [-0.39, 0.29) is 18.1 Å². The number of halogens is 1. The summed E-state index contributed by atoms with van der Waals surface area (Å²) in [5.41, 5.74) is 4.26. The van der Waals surface area contributed by atoms with Gasteiger partial charge in [0.15, 0.2) is 6.54 Å². The Hall–Kier alpha value is -2.83. The van der Waals surface area contributed by atoms with Crippen LogP contribution in [0.4, 0.5) is 5.69 Å². The molecule has 1 aliphatic carbocycles. The molecule has 3 aromatic rings. The van der Waals surface area contributed by atoms with Crippen molar-refractivity contribution in [1.29, 1.82) is 0 Å². The molecule has 7 heteroatoms. The average molecular weight is 428 g/mol. The van der Waals surface area contributed by atoms with E-state index in [0.29, 0.717) is 28.6 Å². The molecule has 0 bridgehead atoms. The second-order valence-corrected chi connectivity index (χ2v) is 8.20. The number of fused-ring (bicyclic) bond motifs is 2. The maximum atomic E-state index is 12.6. The van der Waals surface area contributed by atoms with E-state index in [1.807, 2.05) is 13.1 Å². The highest BCUT2D eigenvalue weighted by atomic mass is 35.5. The number of carbonyl (C=O) groups excluding carboxylic acids is 1. The topological polar surface area (TPSA) is 73.0 Å². The molecular formula is C23H24ClN2O4+. The number of methoxy groups -OCH3 is 1. The number of nitrogens with one attached hydrogen (secondary N) is 2. The van der Waals surface area contributed by atoms with Crippen LogP contribution in [0.2, 0.25) is 5.02 Å². The Morgan fingerprint density at radius 1 is 1.20 bits per heavy atom. The predicted octanol–water partition coefficient (Wildman–Crippen LogP) is 2.60. The minimum absolute atomic E-state index is 0.166. The summed E-state index contributed by atoms with van der Waals surface area (Å²) < 4.78 is 10.7. The first-order chi connectivity index (χ1) is 14.4. The van der Waals surface area contributed by atoms with Crippen molar-refractivity contribution in [3.8, 4) is 5.75 Å². The molecule has 1 atom stereocenters. The highest BCUT2D eigenvalue weighted by Crippen LogP contribution is 2.29. The molecular weight excluding hydrogens is 404 g/mol. The van der Waals surface area contributed by atoms with Gasteiger partial charge in [0.1, 0.15) is 17.9 Å². The van der Waals surface area contributed by atoms with Crippen molar-refractivity contribution in [1.82, 2.24) is 0 Å². The van der Waals surface area contributed by atoms with E-state index in [4.69, 9.17) is 20.8 Å². The first kappa shape index (κ1) is 20.4. The largest absolute Gasteiger partial charge is 0.495 e. The van der Waals surface area contributed by atoms with E-state index >= 15 is 0 Å². The minimum Gasteiger partial charge on any atom is -0.495 e. The fourth-order valence-electron chi connectivity index (χ4n) is 4.07. The van der Waals surface area contributed by atoms with Crippen molar-refractivity contribution < 1.29 is 18.8 Å². The Balaban J connectivity index is 1.51. The molecule has 2 aromatic carbocycles. The highest BCUT2D eigenvalue weighted by molar-refractivity contribution is 6.31. The monoisotopic (exact) mass is 427 g/mol. The average Bonchev–Trinajstić information content (AvgIpc) is 3.13. The summed E-state index contributed by atoms with van der Waals surface area (Å²) in [6.07, 6.45) is 3.21. The van der Waals surface area contributed by atoms with Gasteiger partial charge in [-0.2, -0.15) is 0 Å². The van der Waals surface area contributed by atoms with E-state index < -0.39 is 0 Å². The second-order valence-electron chi connectivity index (χ2n) is 7.76. The fourth-order valence-corrected chi connectivity index (χ4v) is 4.25. The van der Waals surface area contributed by atoms with Crippen LogP contribution in [0.15, 0.2) is 45.6 Å². The molecule has 1 amide bonds. The molecule has 1 aliphatic rings. The highest BCUT2D eigenvalue weighted by Gasteiger charge is 2.18. The number of carbonyl (C=O) groups is 1. The maximum absolute atomic E-state index is 12.6. The van der Waals surface area contributed by atoms with Crippen LogP contribution in [-0.2, 0) is 24.2 Å². The molecule has 0 fully saturated rings. The maximum Gasteiger partial charge on any atom is 0.336 e. The van der Waals surface area contributed by atoms with Crippen LogP contribution >= 0.6 is 11.6 Å². The van der Waals surface area contributed by atoms with Crippen LogP contribution < -0.4 is 20.6 Å². The van der Waals surface area contributed by atoms with E-state index in [1.54, 1.807) is 25.3 Å². The number of amides is 1. The number of hydrogen-bond acceptors (Lipinski definition) is 4. The van der Waals surface area contributed by atoms with E-state index in [9.17, 15) is 9.59 Å². The van der Waals surface area contributed by atoms with Crippen LogP contribution in [-0.4, -0.2) is 26.6 Å². The first-order valence-electron chi connectivity index (χ1n) is 9.96. The molecule has 30 heavy (non-hydrogen) atoms. The van der Waals surface area contributed by atoms with Crippen molar-refractivity contribution in [2.24, 2.45) is 0 Å². The number of likely N-dealkylation sites (N-methyl/N-ethyl adjacent to an activating group) is 1. The van der Waals surface area contributed by atoms with Gasteiger partial charge >= 0.3 is 5.63 Å². The van der Waals surface area contributed by atoms with Gasteiger partial charge in [-0.25, -0.2) is 4.79 Å². The molecule has 1 aromatic heterocycles. The van der Waals surface area contributed by atoms with Crippen molar-refractivity contribution in [3.05, 3.63) is 68.5 Å². The Bertz CT molecular complexity index is 1170. The lowest BCUT2D eigenvalue weighted by Gasteiger charge is -2.16. The Morgan fingerprint density at radius 2 is 1.97 bits per heavy atom. The van der Waals surface area contributed by atoms with Gasteiger partial charge in [-0.15, -0.1) is 0 Å². The van der Waals surface area contributed by atoms with Gasteiger partial charge in [0, 0.05) is 22.0 Å². The van der Waals surface area contributed by atoms with E-state index in [1.165, 1.54) is 17.2 Å². The molecule has 6 nitrogen and oxygen atoms in total. The molecule has 0 spiro atoms. The third-order valence-corrected chi connectivity index (χ3v) is 5.67. The van der Waals surface area contributed by atoms with Gasteiger partial charge in [-0.3, -0.25) is 4.79 Å². The smallest absolute Gasteiger partial charge is 0.336 e. The quantitative estimate of drug-likeness (QED) is 0.593. The summed E-state index contributed by atoms with van der Waals surface area (Å²) in [4.78, 5) is 25.6. The number of aryl methyl sites for hydroxylation is 2. The van der Waals surface area contributed by atoms with Gasteiger partial charge in [-0.05, 0) is 60.7 Å². The zero-order chi connectivity index (χ0) is 21.3. The SMILES string of the molecule is COc1ccc(Cl)cc1NC(=O)C[NH+](C)Cc1cc(=O)oc2cc3c(cc12)CCC3. The molecule has 0 aliphatic heterocycles. The van der Waals surface area contributed by atoms with Crippen molar-refractivity contribution in [2.75, 3.05) is 26.0 Å². The molecule has 4 rings (SSSR count). The van der Waals surface area contributed by atoms with Crippen LogP contribution in [0.1, 0.15) is 23.1 Å². The third-order valence-electron chi connectivity index (χ3n) is 5.43. The van der Waals surface area contributed by atoms with Gasteiger partial charge < -0.3 is 19.4 Å². The number of benzene rings is 2. The van der Waals surface area contributed by atoms with Gasteiger partial charge in [0.25, 0.3) is 5.91 Å². The minimum atomic E-state index is -0.364. The lowest BCUT2D eigenvalue weighted by atomic mass is 10.0. The van der Waals surface area contributed by atoms with Crippen molar-refractivity contribution >= 4 is 34.2 Å². The summed E-state index contributed by atoms with van der Waals surface area (Å²) >= 11 is 6.03.